The third-order valence-corrected chi connectivity index (χ3v) is 1.98. The zero-order valence-electron chi connectivity index (χ0n) is 11.1. The number of anilines is 1. The standard InChI is InChI=1S/C12H15F3N2O2/c1-7-5-8(12(13,14)15)9(6-16-7)17-10(18)19-11(2,3)4/h5-6H,1-4H3,(H,17,18). The van der Waals surface area contributed by atoms with E-state index >= 15 is 0 Å². The molecule has 0 saturated carbocycles. The molecule has 7 heteroatoms. The van der Waals surface area contributed by atoms with Crippen LogP contribution < -0.4 is 5.32 Å². The summed E-state index contributed by atoms with van der Waals surface area (Å²) in [6.07, 6.45) is -4.57. The van der Waals surface area contributed by atoms with Gasteiger partial charge in [0.2, 0.25) is 0 Å². The van der Waals surface area contributed by atoms with E-state index in [1.165, 1.54) is 6.92 Å². The molecule has 0 atom stereocenters. The first-order valence-corrected chi connectivity index (χ1v) is 5.53. The highest BCUT2D eigenvalue weighted by molar-refractivity contribution is 5.85. The maximum Gasteiger partial charge on any atom is 0.418 e. The van der Waals surface area contributed by atoms with E-state index in [1.54, 1.807) is 20.8 Å². The van der Waals surface area contributed by atoms with Crippen LogP contribution in [-0.2, 0) is 10.9 Å². The minimum atomic E-state index is -4.57. The molecule has 1 aromatic heterocycles. The number of alkyl halides is 3. The van der Waals surface area contributed by atoms with Crippen molar-refractivity contribution in [3.05, 3.63) is 23.5 Å². The van der Waals surface area contributed by atoms with Gasteiger partial charge in [0.25, 0.3) is 0 Å². The molecule has 0 fully saturated rings. The summed E-state index contributed by atoms with van der Waals surface area (Å²) in [5, 5.41) is 2.06. The molecule has 0 bridgehead atoms. The predicted octanol–water partition coefficient (Wildman–Crippen LogP) is 3.76. The zero-order chi connectivity index (χ0) is 14.8. The summed E-state index contributed by atoms with van der Waals surface area (Å²) in [6.45, 7) is 6.28. The average molecular weight is 276 g/mol. The van der Waals surface area contributed by atoms with Crippen LogP contribution in [-0.4, -0.2) is 16.7 Å². The molecule has 0 aliphatic heterocycles. The number of hydrogen-bond donors (Lipinski definition) is 1. The second-order valence-electron chi connectivity index (χ2n) is 5.00. The average Bonchev–Trinajstić information content (AvgIpc) is 2.16. The number of hydrogen-bond acceptors (Lipinski definition) is 3. The molecule has 0 saturated heterocycles. The van der Waals surface area contributed by atoms with Crippen LogP contribution in [0.3, 0.4) is 0 Å². The van der Waals surface area contributed by atoms with Gasteiger partial charge in [-0.25, -0.2) is 4.79 Å². The normalized spacial score (nSPS) is 12.2. The Morgan fingerprint density at radius 3 is 2.37 bits per heavy atom. The second-order valence-corrected chi connectivity index (χ2v) is 5.00. The van der Waals surface area contributed by atoms with Crippen LogP contribution in [0.4, 0.5) is 23.7 Å². The fourth-order valence-corrected chi connectivity index (χ4v) is 1.31. The Hall–Kier alpha value is -1.79. The van der Waals surface area contributed by atoms with Gasteiger partial charge in [0.05, 0.1) is 17.4 Å². The molecule has 1 aromatic rings. The molecule has 0 aliphatic carbocycles. The van der Waals surface area contributed by atoms with E-state index in [0.29, 0.717) is 0 Å². The van der Waals surface area contributed by atoms with Crippen LogP contribution in [0.15, 0.2) is 12.3 Å². The smallest absolute Gasteiger partial charge is 0.418 e. The first-order valence-electron chi connectivity index (χ1n) is 5.53. The first-order chi connectivity index (χ1) is 8.49. The summed E-state index contributed by atoms with van der Waals surface area (Å²) in [7, 11) is 0. The summed E-state index contributed by atoms with van der Waals surface area (Å²) < 4.78 is 43.3. The lowest BCUT2D eigenvalue weighted by Crippen LogP contribution is -2.28. The third-order valence-electron chi connectivity index (χ3n) is 1.98. The van der Waals surface area contributed by atoms with Gasteiger partial charge < -0.3 is 4.74 Å². The monoisotopic (exact) mass is 276 g/mol. The van der Waals surface area contributed by atoms with Crippen LogP contribution in [0.25, 0.3) is 0 Å². The third kappa shape index (κ3) is 4.76. The number of carbonyl (C=O) groups is 1. The highest BCUT2D eigenvalue weighted by Crippen LogP contribution is 2.34. The Morgan fingerprint density at radius 2 is 1.89 bits per heavy atom. The van der Waals surface area contributed by atoms with Gasteiger partial charge in [0.15, 0.2) is 0 Å². The van der Waals surface area contributed by atoms with Gasteiger partial charge in [0.1, 0.15) is 5.60 Å². The largest absolute Gasteiger partial charge is 0.444 e. The molecule has 106 valence electrons. The number of pyridine rings is 1. The fraction of sp³-hybridized carbons (Fsp3) is 0.500. The van der Waals surface area contributed by atoms with Gasteiger partial charge in [0, 0.05) is 5.69 Å². The topological polar surface area (TPSA) is 51.2 Å². The quantitative estimate of drug-likeness (QED) is 0.849. The highest BCUT2D eigenvalue weighted by atomic mass is 19.4. The van der Waals surface area contributed by atoms with Crippen molar-refractivity contribution < 1.29 is 22.7 Å². The molecule has 19 heavy (non-hydrogen) atoms. The maximum absolute atomic E-state index is 12.8. The number of halogens is 3. The number of rotatable bonds is 1. The molecule has 0 aromatic carbocycles. The van der Waals surface area contributed by atoms with Crippen LogP contribution in [0, 0.1) is 6.92 Å². The molecular formula is C12H15F3N2O2. The van der Waals surface area contributed by atoms with Gasteiger partial charge in [-0.05, 0) is 33.8 Å². The minimum absolute atomic E-state index is 0.210. The van der Waals surface area contributed by atoms with E-state index in [4.69, 9.17) is 4.74 Å². The van der Waals surface area contributed by atoms with Crippen LogP contribution in [0.2, 0.25) is 0 Å². The molecule has 1 rings (SSSR count). The molecule has 0 unspecified atom stereocenters. The van der Waals surface area contributed by atoms with Crippen molar-refractivity contribution in [2.45, 2.75) is 39.5 Å². The van der Waals surface area contributed by atoms with Crippen molar-refractivity contribution in [1.29, 1.82) is 0 Å². The minimum Gasteiger partial charge on any atom is -0.444 e. The van der Waals surface area contributed by atoms with Crippen molar-refractivity contribution in [3.8, 4) is 0 Å². The molecule has 4 nitrogen and oxygen atoms in total. The predicted molar refractivity (Wildman–Crippen MR) is 63.8 cm³/mol. The van der Waals surface area contributed by atoms with Crippen molar-refractivity contribution >= 4 is 11.8 Å². The molecule has 1 amide bonds. The lowest BCUT2D eigenvalue weighted by molar-refractivity contribution is -0.137. The van der Waals surface area contributed by atoms with Crippen LogP contribution in [0.1, 0.15) is 32.0 Å². The van der Waals surface area contributed by atoms with Crippen molar-refractivity contribution in [2.24, 2.45) is 0 Å². The van der Waals surface area contributed by atoms with Gasteiger partial charge in [-0.2, -0.15) is 13.2 Å². The van der Waals surface area contributed by atoms with Crippen molar-refractivity contribution in [3.63, 3.8) is 0 Å². The van der Waals surface area contributed by atoms with Crippen molar-refractivity contribution in [1.82, 2.24) is 4.98 Å². The summed E-state index contributed by atoms with van der Waals surface area (Å²) >= 11 is 0. The maximum atomic E-state index is 12.8. The van der Waals surface area contributed by atoms with Gasteiger partial charge in [-0.1, -0.05) is 0 Å². The molecule has 1 heterocycles. The first kappa shape index (κ1) is 15.3. The lowest BCUT2D eigenvalue weighted by atomic mass is 10.2. The number of aromatic nitrogens is 1. The Bertz CT molecular complexity index is 479. The number of amides is 1. The lowest BCUT2D eigenvalue weighted by Gasteiger charge is -2.20. The van der Waals surface area contributed by atoms with E-state index in [9.17, 15) is 18.0 Å². The second kappa shape index (κ2) is 5.07. The Labute approximate surface area is 109 Å². The molecular weight excluding hydrogens is 261 g/mol. The summed E-state index contributed by atoms with van der Waals surface area (Å²) in [4.78, 5) is 15.2. The van der Waals surface area contributed by atoms with Gasteiger partial charge >= 0.3 is 12.3 Å². The molecule has 0 radical (unpaired) electrons. The van der Waals surface area contributed by atoms with Gasteiger partial charge in [-0.3, -0.25) is 10.3 Å². The van der Waals surface area contributed by atoms with Crippen LogP contribution >= 0.6 is 0 Å². The fourth-order valence-electron chi connectivity index (χ4n) is 1.31. The Kier molecular flexibility index (Phi) is 4.07. The zero-order valence-corrected chi connectivity index (χ0v) is 11.1. The number of aryl methyl sites for hydroxylation is 1. The highest BCUT2D eigenvalue weighted by Gasteiger charge is 2.34. The van der Waals surface area contributed by atoms with E-state index in [0.717, 1.165) is 12.3 Å². The number of nitrogens with zero attached hydrogens (tertiary/aromatic N) is 1. The van der Waals surface area contributed by atoms with E-state index in [-0.39, 0.29) is 5.69 Å². The SMILES string of the molecule is Cc1cc(C(F)(F)F)c(NC(=O)OC(C)(C)C)cn1. The number of ether oxygens (including phenoxy) is 1. The van der Waals surface area contributed by atoms with E-state index < -0.39 is 29.1 Å². The van der Waals surface area contributed by atoms with Gasteiger partial charge in [-0.15, -0.1) is 0 Å². The van der Waals surface area contributed by atoms with Crippen molar-refractivity contribution in [2.75, 3.05) is 5.32 Å². The Morgan fingerprint density at radius 1 is 1.32 bits per heavy atom. The summed E-state index contributed by atoms with van der Waals surface area (Å²) in [5.74, 6) is 0. The van der Waals surface area contributed by atoms with Crippen LogP contribution in [0.5, 0.6) is 0 Å². The molecule has 1 N–H and O–H groups in total. The molecule has 0 aliphatic rings. The number of nitrogens with one attached hydrogen (secondary N) is 1. The summed E-state index contributed by atoms with van der Waals surface area (Å²) in [5.41, 5.74) is -1.96. The van der Waals surface area contributed by atoms with E-state index in [2.05, 4.69) is 10.3 Å². The van der Waals surface area contributed by atoms with E-state index in [1.807, 2.05) is 0 Å². The summed E-state index contributed by atoms with van der Waals surface area (Å²) in [6, 6.07) is 0.868. The molecule has 0 spiro atoms. The Balaban J connectivity index is 2.99. The number of carbonyl (C=O) groups excluding carboxylic acids is 1.